The van der Waals surface area contributed by atoms with E-state index in [0.717, 1.165) is 32.4 Å². The van der Waals surface area contributed by atoms with E-state index < -0.39 is 0 Å². The largest absolute Gasteiger partial charge is 0.339 e. The van der Waals surface area contributed by atoms with Gasteiger partial charge in [-0.05, 0) is 74.4 Å². The lowest BCUT2D eigenvalue weighted by atomic mass is 9.90. The summed E-state index contributed by atoms with van der Waals surface area (Å²) in [6, 6.07) is 19.4. The van der Waals surface area contributed by atoms with Crippen molar-refractivity contribution in [2.45, 2.75) is 32.6 Å². The van der Waals surface area contributed by atoms with Crippen molar-refractivity contribution in [2.24, 2.45) is 5.92 Å². The van der Waals surface area contributed by atoms with Crippen molar-refractivity contribution < 1.29 is 9.59 Å². The molecule has 2 amide bonds. The van der Waals surface area contributed by atoms with Gasteiger partial charge in [0, 0.05) is 36.7 Å². The van der Waals surface area contributed by atoms with Gasteiger partial charge in [0.1, 0.15) is 0 Å². The Bertz CT molecular complexity index is 1060. The molecule has 2 aromatic carbocycles. The molecule has 0 spiro atoms. The number of benzene rings is 2. The van der Waals surface area contributed by atoms with E-state index in [0.29, 0.717) is 22.7 Å². The molecule has 32 heavy (non-hydrogen) atoms. The molecule has 1 saturated heterocycles. The van der Waals surface area contributed by atoms with Crippen LogP contribution >= 0.6 is 0 Å². The van der Waals surface area contributed by atoms with Crippen molar-refractivity contribution in [3.05, 3.63) is 95.3 Å². The van der Waals surface area contributed by atoms with E-state index in [1.54, 1.807) is 36.5 Å². The zero-order valence-electron chi connectivity index (χ0n) is 18.5. The summed E-state index contributed by atoms with van der Waals surface area (Å²) in [6.07, 6.45) is 7.48. The molecule has 0 atom stereocenters. The van der Waals surface area contributed by atoms with E-state index in [9.17, 15) is 9.59 Å². The first kappa shape index (κ1) is 21.8. The molecule has 2 heterocycles. The predicted octanol–water partition coefficient (Wildman–Crippen LogP) is 5.13. The number of amides is 2. The Morgan fingerprint density at radius 1 is 1.00 bits per heavy atom. The lowest BCUT2D eigenvalue weighted by molar-refractivity contribution is 0.0686. The summed E-state index contributed by atoms with van der Waals surface area (Å²) in [7, 11) is 0. The second-order valence-corrected chi connectivity index (χ2v) is 8.54. The molecule has 0 aliphatic carbocycles. The molecule has 1 aromatic heterocycles. The van der Waals surface area contributed by atoms with Gasteiger partial charge >= 0.3 is 0 Å². The van der Waals surface area contributed by atoms with E-state index >= 15 is 0 Å². The molecule has 1 aliphatic heterocycles. The minimum Gasteiger partial charge on any atom is -0.339 e. The quantitative estimate of drug-likeness (QED) is 0.593. The van der Waals surface area contributed by atoms with Crippen LogP contribution in [0.5, 0.6) is 0 Å². The second-order valence-electron chi connectivity index (χ2n) is 8.54. The highest BCUT2D eigenvalue weighted by molar-refractivity contribution is 6.04. The summed E-state index contributed by atoms with van der Waals surface area (Å²) in [5.74, 6) is 0.446. The molecule has 0 saturated carbocycles. The number of carbonyl (C=O) groups is 2. The van der Waals surface area contributed by atoms with Gasteiger partial charge in [0.05, 0.1) is 5.56 Å². The van der Waals surface area contributed by atoms with Gasteiger partial charge in [-0.3, -0.25) is 14.6 Å². The van der Waals surface area contributed by atoms with Gasteiger partial charge in [0.15, 0.2) is 0 Å². The Hall–Kier alpha value is -3.47. The Labute approximate surface area is 189 Å². The van der Waals surface area contributed by atoms with Crippen molar-refractivity contribution in [3.63, 3.8) is 0 Å². The standard InChI is InChI=1S/C27H29N3O2/c1-20-7-9-21(10-8-20)11-12-22-13-16-30(17-14-22)27(32)23-4-2-6-25(18-23)29-26(31)24-5-3-15-28-19-24/h2-10,15,18-19,22H,11-14,16-17H2,1H3,(H,29,31). The van der Waals surface area contributed by atoms with E-state index in [1.807, 2.05) is 11.0 Å². The van der Waals surface area contributed by atoms with Crippen molar-refractivity contribution in [1.82, 2.24) is 9.88 Å². The maximum Gasteiger partial charge on any atom is 0.257 e. The first-order chi connectivity index (χ1) is 15.6. The Morgan fingerprint density at radius 2 is 1.75 bits per heavy atom. The maximum absolute atomic E-state index is 13.0. The smallest absolute Gasteiger partial charge is 0.257 e. The fraction of sp³-hybridized carbons (Fsp3) is 0.296. The Morgan fingerprint density at radius 3 is 2.47 bits per heavy atom. The summed E-state index contributed by atoms with van der Waals surface area (Å²) in [6.45, 7) is 3.67. The lowest BCUT2D eigenvalue weighted by Gasteiger charge is -2.32. The predicted molar refractivity (Wildman–Crippen MR) is 127 cm³/mol. The average molecular weight is 428 g/mol. The van der Waals surface area contributed by atoms with Gasteiger partial charge in [0.25, 0.3) is 11.8 Å². The summed E-state index contributed by atoms with van der Waals surface area (Å²) in [5, 5.41) is 2.85. The number of nitrogens with zero attached hydrogens (tertiary/aromatic N) is 2. The van der Waals surface area contributed by atoms with Gasteiger partial charge in [0.2, 0.25) is 0 Å². The van der Waals surface area contributed by atoms with Crippen molar-refractivity contribution >= 4 is 17.5 Å². The number of piperidine rings is 1. The number of hydrogen-bond acceptors (Lipinski definition) is 3. The number of anilines is 1. The van der Waals surface area contributed by atoms with E-state index in [-0.39, 0.29) is 11.8 Å². The Balaban J connectivity index is 1.29. The zero-order valence-corrected chi connectivity index (χ0v) is 18.5. The molecular weight excluding hydrogens is 398 g/mol. The van der Waals surface area contributed by atoms with Crippen LogP contribution in [0.15, 0.2) is 73.1 Å². The fourth-order valence-electron chi connectivity index (χ4n) is 4.16. The van der Waals surface area contributed by atoms with Crippen LogP contribution in [0.1, 0.15) is 51.1 Å². The number of likely N-dealkylation sites (tertiary alicyclic amines) is 1. The van der Waals surface area contributed by atoms with Crippen molar-refractivity contribution in [1.29, 1.82) is 0 Å². The van der Waals surface area contributed by atoms with Gasteiger partial charge < -0.3 is 10.2 Å². The molecule has 4 rings (SSSR count). The molecule has 1 fully saturated rings. The lowest BCUT2D eigenvalue weighted by Crippen LogP contribution is -2.38. The molecule has 5 heteroatoms. The molecule has 0 unspecified atom stereocenters. The van der Waals surface area contributed by atoms with E-state index in [1.165, 1.54) is 23.7 Å². The number of nitrogens with one attached hydrogen (secondary N) is 1. The number of pyridine rings is 1. The van der Waals surface area contributed by atoms with Gasteiger partial charge in [-0.25, -0.2) is 0 Å². The minimum absolute atomic E-state index is 0.0273. The monoisotopic (exact) mass is 427 g/mol. The Kier molecular flexibility index (Phi) is 6.95. The van der Waals surface area contributed by atoms with E-state index in [2.05, 4.69) is 41.5 Å². The van der Waals surface area contributed by atoms with Gasteiger partial charge in [-0.1, -0.05) is 35.9 Å². The van der Waals surface area contributed by atoms with Crippen LogP contribution in [0.3, 0.4) is 0 Å². The molecule has 164 valence electrons. The summed E-state index contributed by atoms with van der Waals surface area (Å²) in [5.41, 5.74) is 4.38. The van der Waals surface area contributed by atoms with Gasteiger partial charge in [-0.15, -0.1) is 0 Å². The average Bonchev–Trinajstić information content (AvgIpc) is 2.84. The van der Waals surface area contributed by atoms with Crippen LogP contribution in [-0.2, 0) is 6.42 Å². The van der Waals surface area contributed by atoms with Crippen molar-refractivity contribution in [3.8, 4) is 0 Å². The highest BCUT2D eigenvalue weighted by atomic mass is 16.2. The third-order valence-electron chi connectivity index (χ3n) is 6.15. The molecule has 1 N–H and O–H groups in total. The fourth-order valence-corrected chi connectivity index (χ4v) is 4.16. The number of carbonyl (C=O) groups excluding carboxylic acids is 2. The number of aryl methyl sites for hydroxylation is 2. The molecule has 5 nitrogen and oxygen atoms in total. The van der Waals surface area contributed by atoms with Gasteiger partial charge in [-0.2, -0.15) is 0 Å². The highest BCUT2D eigenvalue weighted by Gasteiger charge is 2.23. The molecule has 0 bridgehead atoms. The molecule has 0 radical (unpaired) electrons. The molecule has 1 aliphatic rings. The second kappa shape index (κ2) is 10.2. The highest BCUT2D eigenvalue weighted by Crippen LogP contribution is 2.24. The minimum atomic E-state index is -0.239. The van der Waals surface area contributed by atoms with Crippen LogP contribution in [-0.4, -0.2) is 34.8 Å². The summed E-state index contributed by atoms with van der Waals surface area (Å²) >= 11 is 0. The SMILES string of the molecule is Cc1ccc(CCC2CCN(C(=O)c3cccc(NC(=O)c4cccnc4)c3)CC2)cc1. The molecule has 3 aromatic rings. The number of hydrogen-bond donors (Lipinski definition) is 1. The van der Waals surface area contributed by atoms with Crippen molar-refractivity contribution in [2.75, 3.05) is 18.4 Å². The third kappa shape index (κ3) is 5.61. The first-order valence-electron chi connectivity index (χ1n) is 11.2. The number of aromatic nitrogens is 1. The van der Waals surface area contributed by atoms with Crippen LogP contribution < -0.4 is 5.32 Å². The van der Waals surface area contributed by atoms with Crippen LogP contribution in [0.2, 0.25) is 0 Å². The van der Waals surface area contributed by atoms with Crippen LogP contribution in [0.25, 0.3) is 0 Å². The van der Waals surface area contributed by atoms with E-state index in [4.69, 9.17) is 0 Å². The van der Waals surface area contributed by atoms with Crippen LogP contribution in [0, 0.1) is 12.8 Å². The number of rotatable bonds is 6. The summed E-state index contributed by atoms with van der Waals surface area (Å²) in [4.78, 5) is 31.3. The topological polar surface area (TPSA) is 62.3 Å². The normalized spacial score (nSPS) is 14.2. The van der Waals surface area contributed by atoms with Crippen LogP contribution in [0.4, 0.5) is 5.69 Å². The third-order valence-corrected chi connectivity index (χ3v) is 6.15. The summed E-state index contributed by atoms with van der Waals surface area (Å²) < 4.78 is 0. The zero-order chi connectivity index (χ0) is 22.3. The first-order valence-corrected chi connectivity index (χ1v) is 11.2. The maximum atomic E-state index is 13.0. The molecular formula is C27H29N3O2.